The average Bonchev–Trinajstić information content (AvgIpc) is 2.86. The van der Waals surface area contributed by atoms with E-state index in [0.29, 0.717) is 16.8 Å². The Hall–Kier alpha value is -3.58. The zero-order chi connectivity index (χ0) is 25.9. The van der Waals surface area contributed by atoms with E-state index in [1.165, 1.54) is 18.2 Å². The van der Waals surface area contributed by atoms with Crippen LogP contribution in [0.2, 0.25) is 5.02 Å². The number of rotatable bonds is 8. The number of benzene rings is 3. The van der Waals surface area contributed by atoms with Crippen LogP contribution in [0.5, 0.6) is 5.75 Å². The van der Waals surface area contributed by atoms with Crippen molar-refractivity contribution >= 4 is 28.5 Å². The number of pyridine rings is 1. The van der Waals surface area contributed by atoms with Crippen LogP contribution < -0.4 is 4.74 Å². The molecule has 0 saturated heterocycles. The topological polar surface area (TPSA) is 59.4 Å². The van der Waals surface area contributed by atoms with Crippen molar-refractivity contribution in [2.24, 2.45) is 0 Å². The highest BCUT2D eigenvalue weighted by Crippen LogP contribution is 2.42. The Morgan fingerprint density at radius 1 is 1.00 bits per heavy atom. The molecule has 1 aromatic heterocycles. The molecule has 1 N–H and O–H groups in total. The number of hydrogen-bond donors (Lipinski definition) is 1. The molecule has 4 rings (SSSR count). The van der Waals surface area contributed by atoms with Crippen LogP contribution in [-0.2, 0) is 6.18 Å². The molecular weight excluding hydrogens is 491 g/mol. The first-order valence-electron chi connectivity index (χ1n) is 11.4. The lowest BCUT2D eigenvalue weighted by Gasteiger charge is -2.29. The molecule has 1 heterocycles. The van der Waals surface area contributed by atoms with Crippen molar-refractivity contribution in [1.82, 2.24) is 4.98 Å². The highest BCUT2D eigenvalue weighted by molar-refractivity contribution is 6.30. The van der Waals surface area contributed by atoms with E-state index in [9.17, 15) is 23.1 Å². The van der Waals surface area contributed by atoms with E-state index in [0.717, 1.165) is 23.6 Å². The van der Waals surface area contributed by atoms with Gasteiger partial charge in [-0.3, -0.25) is 0 Å². The summed E-state index contributed by atoms with van der Waals surface area (Å²) in [6.45, 7) is 2.00. The third kappa shape index (κ3) is 5.62. The number of hydrogen-bond acceptors (Lipinski definition) is 3. The number of halogens is 4. The molecule has 4 nitrogen and oxygen atoms in total. The van der Waals surface area contributed by atoms with Gasteiger partial charge in [0.2, 0.25) is 0 Å². The highest BCUT2D eigenvalue weighted by Gasteiger charge is 2.35. The summed E-state index contributed by atoms with van der Waals surface area (Å²) in [5, 5.41) is 10.3. The Bertz CT molecular complexity index is 1360. The molecule has 36 heavy (non-hydrogen) atoms. The molecule has 0 amide bonds. The van der Waals surface area contributed by atoms with Gasteiger partial charge in [0.05, 0.1) is 11.1 Å². The zero-order valence-corrected chi connectivity index (χ0v) is 20.1. The van der Waals surface area contributed by atoms with Crippen molar-refractivity contribution in [1.29, 1.82) is 0 Å². The quantitative estimate of drug-likeness (QED) is 0.257. The Morgan fingerprint density at radius 3 is 2.25 bits per heavy atom. The Kier molecular flexibility index (Phi) is 7.50. The molecular formula is C28H23ClF3NO3. The fourth-order valence-corrected chi connectivity index (χ4v) is 4.36. The summed E-state index contributed by atoms with van der Waals surface area (Å²) in [6, 6.07) is 20.9. The standard InChI is InChI=1S/C28H23ClF3NO3/c1-2-5-21(17-8-10-19(11-9-17)27(34)35)26(18-12-14-20(29)15-13-18)36-24-16-25(28(30,31)32)33-23-7-4-3-6-22(23)24/h3-4,6-16,21,26H,2,5H2,1H3,(H,34,35)/t21-,26?/m1/s1. The van der Waals surface area contributed by atoms with E-state index >= 15 is 0 Å². The van der Waals surface area contributed by atoms with Crippen molar-refractivity contribution in [3.05, 3.63) is 106 Å². The maximum atomic E-state index is 13.7. The van der Waals surface area contributed by atoms with Crippen molar-refractivity contribution < 1.29 is 27.8 Å². The molecule has 3 aromatic carbocycles. The fraction of sp³-hybridized carbons (Fsp3) is 0.214. The normalized spacial score (nSPS) is 13.4. The van der Waals surface area contributed by atoms with E-state index < -0.39 is 23.9 Å². The molecule has 0 aliphatic heterocycles. The molecule has 0 spiro atoms. The average molecular weight is 514 g/mol. The minimum atomic E-state index is -4.65. The van der Waals surface area contributed by atoms with E-state index in [4.69, 9.17) is 16.3 Å². The van der Waals surface area contributed by atoms with Crippen LogP contribution in [0.15, 0.2) is 78.9 Å². The van der Waals surface area contributed by atoms with Crippen molar-refractivity contribution in [2.75, 3.05) is 0 Å². The van der Waals surface area contributed by atoms with Gasteiger partial charge in [0.1, 0.15) is 17.5 Å². The van der Waals surface area contributed by atoms with Gasteiger partial charge in [-0.25, -0.2) is 9.78 Å². The van der Waals surface area contributed by atoms with Gasteiger partial charge in [-0.1, -0.05) is 61.3 Å². The van der Waals surface area contributed by atoms with E-state index in [1.54, 1.807) is 54.6 Å². The number of carboxylic acids is 1. The van der Waals surface area contributed by atoms with Crippen molar-refractivity contribution in [2.45, 2.75) is 38.0 Å². The molecule has 0 saturated carbocycles. The lowest BCUT2D eigenvalue weighted by atomic mass is 9.85. The second-order valence-corrected chi connectivity index (χ2v) is 8.87. The molecule has 1 unspecified atom stereocenters. The highest BCUT2D eigenvalue weighted by atomic mass is 35.5. The molecule has 0 bridgehead atoms. The van der Waals surface area contributed by atoms with Crippen molar-refractivity contribution in [3.63, 3.8) is 0 Å². The first-order chi connectivity index (χ1) is 17.2. The summed E-state index contributed by atoms with van der Waals surface area (Å²) in [6.07, 6.45) is -3.91. The number of nitrogens with zero attached hydrogens (tertiary/aromatic N) is 1. The van der Waals surface area contributed by atoms with Gasteiger partial charge in [-0.2, -0.15) is 13.2 Å². The smallest absolute Gasteiger partial charge is 0.433 e. The molecule has 186 valence electrons. The van der Waals surface area contributed by atoms with Gasteiger partial charge in [0, 0.05) is 22.4 Å². The van der Waals surface area contributed by atoms with Crippen LogP contribution in [0, 0.1) is 0 Å². The SMILES string of the molecule is CCC[C@H](c1ccc(C(=O)O)cc1)C(Oc1cc(C(F)(F)F)nc2ccccc12)c1ccc(Cl)cc1. The first-order valence-corrected chi connectivity index (χ1v) is 11.8. The molecule has 4 aromatic rings. The molecule has 0 aliphatic carbocycles. The largest absolute Gasteiger partial charge is 0.484 e. The molecule has 8 heteroatoms. The van der Waals surface area contributed by atoms with Gasteiger partial charge in [0.25, 0.3) is 0 Å². The van der Waals surface area contributed by atoms with Crippen LogP contribution in [0.4, 0.5) is 13.2 Å². The lowest BCUT2D eigenvalue weighted by molar-refractivity contribution is -0.141. The number of aromatic carboxylic acids is 1. The van der Waals surface area contributed by atoms with Crippen LogP contribution in [0.1, 0.15) is 59.0 Å². The number of para-hydroxylation sites is 1. The summed E-state index contributed by atoms with van der Waals surface area (Å²) in [7, 11) is 0. The van der Waals surface area contributed by atoms with Crippen LogP contribution in [0.25, 0.3) is 10.9 Å². The van der Waals surface area contributed by atoms with Gasteiger partial charge < -0.3 is 9.84 Å². The predicted octanol–water partition coefficient (Wildman–Crippen LogP) is 8.31. The van der Waals surface area contributed by atoms with Crippen LogP contribution >= 0.6 is 11.6 Å². The third-order valence-electron chi connectivity index (χ3n) is 5.97. The maximum absolute atomic E-state index is 13.7. The van der Waals surface area contributed by atoms with Gasteiger partial charge in [-0.05, 0) is 53.9 Å². The maximum Gasteiger partial charge on any atom is 0.433 e. The Labute approximate surface area is 211 Å². The minimum absolute atomic E-state index is 0.0659. The molecule has 2 atom stereocenters. The first kappa shape index (κ1) is 25.5. The number of alkyl halides is 3. The number of aromatic nitrogens is 1. The molecule has 0 radical (unpaired) electrons. The second-order valence-electron chi connectivity index (χ2n) is 8.43. The zero-order valence-electron chi connectivity index (χ0n) is 19.3. The second kappa shape index (κ2) is 10.6. The molecule has 0 aliphatic rings. The summed E-state index contributed by atoms with van der Waals surface area (Å²) in [4.78, 5) is 15.1. The number of ether oxygens (including phenoxy) is 1. The van der Waals surface area contributed by atoms with Gasteiger partial charge in [-0.15, -0.1) is 0 Å². The minimum Gasteiger partial charge on any atom is -0.484 e. The number of carboxylic acid groups (broad SMARTS) is 1. The van der Waals surface area contributed by atoms with E-state index in [2.05, 4.69) is 4.98 Å². The fourth-order valence-electron chi connectivity index (χ4n) is 4.23. The molecule has 0 fully saturated rings. The summed E-state index contributed by atoms with van der Waals surface area (Å²) < 4.78 is 47.4. The van der Waals surface area contributed by atoms with E-state index in [-0.39, 0.29) is 22.7 Å². The Morgan fingerprint density at radius 2 is 1.64 bits per heavy atom. The lowest BCUT2D eigenvalue weighted by Crippen LogP contribution is -2.19. The Balaban J connectivity index is 1.86. The predicted molar refractivity (Wildman–Crippen MR) is 133 cm³/mol. The summed E-state index contributed by atoms with van der Waals surface area (Å²) in [5.74, 6) is -1.25. The third-order valence-corrected chi connectivity index (χ3v) is 6.22. The van der Waals surface area contributed by atoms with Gasteiger partial charge >= 0.3 is 12.1 Å². The van der Waals surface area contributed by atoms with Gasteiger partial charge in [0.15, 0.2) is 0 Å². The summed E-state index contributed by atoms with van der Waals surface area (Å²) >= 11 is 6.10. The number of fused-ring (bicyclic) bond motifs is 1. The van der Waals surface area contributed by atoms with Crippen molar-refractivity contribution in [3.8, 4) is 5.75 Å². The van der Waals surface area contributed by atoms with Crippen LogP contribution in [0.3, 0.4) is 0 Å². The summed E-state index contributed by atoms with van der Waals surface area (Å²) in [5.41, 5.74) is 0.831. The van der Waals surface area contributed by atoms with Crippen LogP contribution in [-0.4, -0.2) is 16.1 Å². The van der Waals surface area contributed by atoms with E-state index in [1.807, 2.05) is 6.92 Å². The monoisotopic (exact) mass is 513 g/mol. The number of carbonyl (C=O) groups is 1.